The number of hydrogen-bond donors (Lipinski definition) is 2. The Morgan fingerprint density at radius 3 is 2.55 bits per heavy atom. The molecule has 7 nitrogen and oxygen atoms in total. The third kappa shape index (κ3) is 8.20. The number of hydrogen-bond acceptors (Lipinski definition) is 3. The highest BCUT2D eigenvalue weighted by molar-refractivity contribution is 14.0. The van der Waals surface area contributed by atoms with E-state index in [9.17, 15) is 4.79 Å². The van der Waals surface area contributed by atoms with Crippen molar-refractivity contribution in [3.05, 3.63) is 88.6 Å². The van der Waals surface area contributed by atoms with Crippen molar-refractivity contribution in [2.24, 2.45) is 4.99 Å². The molecule has 0 aliphatic rings. The third-order valence-electron chi connectivity index (χ3n) is 4.78. The fraction of sp³-hybridized carbons (Fsp3) is 0.348. The van der Waals surface area contributed by atoms with E-state index < -0.39 is 0 Å². The normalized spacial score (nSPS) is 11.1. The molecule has 0 saturated heterocycles. The molecule has 2 heterocycles. The van der Waals surface area contributed by atoms with Crippen molar-refractivity contribution in [1.29, 1.82) is 0 Å². The first-order chi connectivity index (χ1) is 14.8. The summed E-state index contributed by atoms with van der Waals surface area (Å²) in [6.07, 6.45) is 7.49. The molecule has 31 heavy (non-hydrogen) atoms. The quantitative estimate of drug-likeness (QED) is 0.181. The van der Waals surface area contributed by atoms with Gasteiger partial charge in [-0.2, -0.15) is 5.10 Å². The molecule has 0 amide bonds. The molecular weight excluding hydrogens is 503 g/mol. The van der Waals surface area contributed by atoms with Gasteiger partial charge in [0.05, 0.1) is 13.1 Å². The Bertz CT molecular complexity index is 983. The largest absolute Gasteiger partial charge is 0.357 e. The number of unbranched alkanes of at least 4 members (excludes halogenated alkanes) is 1. The highest BCUT2D eigenvalue weighted by Crippen LogP contribution is 2.11. The van der Waals surface area contributed by atoms with Gasteiger partial charge in [0.15, 0.2) is 5.96 Å². The monoisotopic (exact) mass is 534 g/mol. The molecule has 2 aromatic heterocycles. The lowest BCUT2D eigenvalue weighted by atomic mass is 10.1. The van der Waals surface area contributed by atoms with Crippen molar-refractivity contribution >= 4 is 29.9 Å². The van der Waals surface area contributed by atoms with Crippen LogP contribution in [0.15, 0.2) is 76.9 Å². The van der Waals surface area contributed by atoms with Gasteiger partial charge >= 0.3 is 0 Å². The zero-order chi connectivity index (χ0) is 21.0. The summed E-state index contributed by atoms with van der Waals surface area (Å²) >= 11 is 0. The van der Waals surface area contributed by atoms with E-state index in [0.29, 0.717) is 6.54 Å². The first-order valence-electron chi connectivity index (χ1n) is 10.5. The standard InChI is InChI=1S/C23H30N6O.HI/c1-2-24-23(25-13-6-8-16-28-15-7-5-12-22(28)30)26-18-20-10-3-4-11-21(20)19-29-17-9-14-27-29;/h3-5,7,9-12,14-15,17H,2,6,8,13,16,18-19H2,1H3,(H2,24,25,26);1H. The van der Waals surface area contributed by atoms with E-state index in [2.05, 4.69) is 34.8 Å². The Hall–Kier alpha value is -2.62. The van der Waals surface area contributed by atoms with Crippen LogP contribution in [-0.4, -0.2) is 33.4 Å². The molecule has 0 bridgehead atoms. The number of aromatic nitrogens is 3. The number of benzene rings is 1. The zero-order valence-corrected chi connectivity index (χ0v) is 20.2. The molecule has 3 rings (SSSR count). The van der Waals surface area contributed by atoms with Gasteiger partial charge in [-0.3, -0.25) is 9.48 Å². The fourth-order valence-electron chi connectivity index (χ4n) is 3.20. The van der Waals surface area contributed by atoms with Gasteiger partial charge in [0.1, 0.15) is 0 Å². The third-order valence-corrected chi connectivity index (χ3v) is 4.78. The number of aliphatic imine (C=N–C) groups is 1. The number of pyridine rings is 1. The summed E-state index contributed by atoms with van der Waals surface area (Å²) in [7, 11) is 0. The van der Waals surface area contributed by atoms with E-state index in [4.69, 9.17) is 4.99 Å². The van der Waals surface area contributed by atoms with Crippen LogP contribution in [0.3, 0.4) is 0 Å². The molecular formula is C23H31IN6O. The molecule has 166 valence electrons. The molecule has 0 unspecified atom stereocenters. The van der Waals surface area contributed by atoms with Crippen molar-refractivity contribution in [3.63, 3.8) is 0 Å². The number of nitrogens with zero attached hydrogens (tertiary/aromatic N) is 4. The Balaban J connectivity index is 0.00000341. The van der Waals surface area contributed by atoms with Crippen LogP contribution >= 0.6 is 24.0 Å². The molecule has 1 aromatic carbocycles. The minimum atomic E-state index is 0. The summed E-state index contributed by atoms with van der Waals surface area (Å²) in [5.41, 5.74) is 2.46. The average molecular weight is 534 g/mol. The number of rotatable bonds is 10. The maximum atomic E-state index is 11.7. The second-order valence-corrected chi connectivity index (χ2v) is 7.03. The van der Waals surface area contributed by atoms with E-state index in [1.165, 1.54) is 11.1 Å². The lowest BCUT2D eigenvalue weighted by Gasteiger charge is -2.13. The molecule has 3 aromatic rings. The number of aryl methyl sites for hydroxylation is 1. The summed E-state index contributed by atoms with van der Waals surface area (Å²) in [6, 6.07) is 15.5. The van der Waals surface area contributed by atoms with Gasteiger partial charge in [0.25, 0.3) is 0 Å². The summed E-state index contributed by atoms with van der Waals surface area (Å²) in [5, 5.41) is 11.0. The lowest BCUT2D eigenvalue weighted by Crippen LogP contribution is -2.37. The van der Waals surface area contributed by atoms with Crippen LogP contribution in [0, 0.1) is 0 Å². The average Bonchev–Trinajstić information content (AvgIpc) is 3.27. The molecule has 0 aliphatic carbocycles. The van der Waals surface area contributed by atoms with Crippen LogP contribution in [0.4, 0.5) is 0 Å². The van der Waals surface area contributed by atoms with Gasteiger partial charge in [0.2, 0.25) is 5.56 Å². The predicted molar refractivity (Wildman–Crippen MR) is 136 cm³/mol. The van der Waals surface area contributed by atoms with Gasteiger partial charge in [-0.15, -0.1) is 24.0 Å². The Kier molecular flexibility index (Phi) is 10.8. The summed E-state index contributed by atoms with van der Waals surface area (Å²) < 4.78 is 3.67. The molecule has 0 aliphatic heterocycles. The van der Waals surface area contributed by atoms with Gasteiger partial charge in [0, 0.05) is 44.3 Å². The molecule has 2 N–H and O–H groups in total. The maximum Gasteiger partial charge on any atom is 0.250 e. The Labute approximate surface area is 200 Å². The summed E-state index contributed by atoms with van der Waals surface area (Å²) in [6.45, 7) is 5.75. The topological polar surface area (TPSA) is 76.2 Å². The molecule has 0 radical (unpaired) electrons. The summed E-state index contributed by atoms with van der Waals surface area (Å²) in [4.78, 5) is 16.5. The van der Waals surface area contributed by atoms with Gasteiger partial charge in [-0.05, 0) is 43.0 Å². The van der Waals surface area contributed by atoms with Crippen molar-refractivity contribution in [1.82, 2.24) is 25.0 Å². The van der Waals surface area contributed by atoms with E-state index >= 15 is 0 Å². The Morgan fingerprint density at radius 1 is 1.00 bits per heavy atom. The summed E-state index contributed by atoms with van der Waals surface area (Å²) in [5.74, 6) is 0.809. The smallest absolute Gasteiger partial charge is 0.250 e. The van der Waals surface area contributed by atoms with Gasteiger partial charge < -0.3 is 15.2 Å². The van der Waals surface area contributed by atoms with Crippen LogP contribution in [0.1, 0.15) is 30.9 Å². The number of halogens is 1. The first kappa shape index (κ1) is 24.6. The molecule has 0 atom stereocenters. The number of guanidine groups is 1. The van der Waals surface area contributed by atoms with Crippen LogP contribution in [0.2, 0.25) is 0 Å². The van der Waals surface area contributed by atoms with Crippen LogP contribution < -0.4 is 16.2 Å². The minimum absolute atomic E-state index is 0. The minimum Gasteiger partial charge on any atom is -0.357 e. The van der Waals surface area contributed by atoms with E-state index in [1.54, 1.807) is 22.9 Å². The molecule has 0 saturated carbocycles. The van der Waals surface area contributed by atoms with Crippen molar-refractivity contribution in [3.8, 4) is 0 Å². The van der Waals surface area contributed by atoms with Crippen molar-refractivity contribution in [2.45, 2.75) is 39.4 Å². The van der Waals surface area contributed by atoms with Crippen LogP contribution in [-0.2, 0) is 19.6 Å². The predicted octanol–water partition coefficient (Wildman–Crippen LogP) is 3.25. The van der Waals surface area contributed by atoms with E-state index in [-0.39, 0.29) is 29.5 Å². The van der Waals surface area contributed by atoms with Crippen molar-refractivity contribution in [2.75, 3.05) is 13.1 Å². The highest BCUT2D eigenvalue weighted by atomic mass is 127. The number of nitrogens with one attached hydrogen (secondary N) is 2. The lowest BCUT2D eigenvalue weighted by molar-refractivity contribution is 0.585. The maximum absolute atomic E-state index is 11.7. The Morgan fingerprint density at radius 2 is 1.81 bits per heavy atom. The van der Waals surface area contributed by atoms with Crippen LogP contribution in [0.25, 0.3) is 0 Å². The second kappa shape index (κ2) is 13.6. The van der Waals surface area contributed by atoms with E-state index in [0.717, 1.165) is 45.0 Å². The van der Waals surface area contributed by atoms with Gasteiger partial charge in [-0.25, -0.2) is 4.99 Å². The highest BCUT2D eigenvalue weighted by Gasteiger charge is 2.04. The van der Waals surface area contributed by atoms with Gasteiger partial charge in [-0.1, -0.05) is 30.3 Å². The zero-order valence-electron chi connectivity index (χ0n) is 17.9. The van der Waals surface area contributed by atoms with Crippen molar-refractivity contribution < 1.29 is 0 Å². The fourth-order valence-corrected chi connectivity index (χ4v) is 3.20. The first-order valence-corrected chi connectivity index (χ1v) is 10.5. The molecule has 0 spiro atoms. The second-order valence-electron chi connectivity index (χ2n) is 7.03. The van der Waals surface area contributed by atoms with E-state index in [1.807, 2.05) is 41.3 Å². The molecule has 0 fully saturated rings. The van der Waals surface area contributed by atoms with Crippen LogP contribution in [0.5, 0.6) is 0 Å². The SMILES string of the molecule is CCNC(=NCc1ccccc1Cn1cccn1)NCCCCn1ccccc1=O.I. The molecule has 8 heteroatoms.